The van der Waals surface area contributed by atoms with E-state index in [0.29, 0.717) is 0 Å². The lowest BCUT2D eigenvalue weighted by molar-refractivity contribution is 0.545. The monoisotopic (exact) mass is 830 g/mol. The van der Waals surface area contributed by atoms with E-state index in [-0.39, 0.29) is 21.7 Å². The summed E-state index contributed by atoms with van der Waals surface area (Å²) in [5, 5.41) is 2.55. The lowest BCUT2D eigenvalue weighted by Crippen LogP contribution is -2.24. The first-order valence-corrected chi connectivity index (χ1v) is 23.1. The van der Waals surface area contributed by atoms with Gasteiger partial charge in [0.25, 0.3) is 0 Å². The van der Waals surface area contributed by atoms with Gasteiger partial charge < -0.3 is 9.47 Å². The molecule has 0 fully saturated rings. The standard InChI is InChI=1S/C62H58N2/c1-59(2,3)41-36-49-57-51(62(9,10)58(49)53(37-41)60(4,5)6)22-17-25-56(57)63(44-34-35-46-45-18-11-14-21-50(45)61(7,8)52(46)38-44)42-30-26-39(27-31-42)40-28-32-43(33-29-40)64-54-23-15-12-19-47(54)48-20-13-16-24-55(48)64/h11-38H,1-10H3. The minimum absolute atomic E-state index is 0.00534. The maximum Gasteiger partial charge on any atom is 0.0543 e. The van der Waals surface area contributed by atoms with E-state index in [1.54, 1.807) is 0 Å². The van der Waals surface area contributed by atoms with E-state index >= 15 is 0 Å². The first-order chi connectivity index (χ1) is 30.5. The third kappa shape index (κ3) is 5.98. The van der Waals surface area contributed by atoms with Gasteiger partial charge in [-0.2, -0.15) is 0 Å². The normalized spacial score (nSPS) is 14.7. The smallest absolute Gasteiger partial charge is 0.0543 e. The van der Waals surface area contributed by atoms with E-state index in [9.17, 15) is 0 Å². The summed E-state index contributed by atoms with van der Waals surface area (Å²) in [6, 6.07) is 64.0. The van der Waals surface area contributed by atoms with E-state index in [0.717, 1.165) is 11.4 Å². The second kappa shape index (κ2) is 13.9. The predicted octanol–water partition coefficient (Wildman–Crippen LogP) is 17.1. The minimum atomic E-state index is -0.178. The zero-order valence-corrected chi connectivity index (χ0v) is 39.1. The molecule has 9 aromatic rings. The fourth-order valence-corrected chi connectivity index (χ4v) is 11.3. The number of rotatable bonds is 5. The van der Waals surface area contributed by atoms with Gasteiger partial charge in [0.05, 0.1) is 16.7 Å². The van der Waals surface area contributed by atoms with Crippen LogP contribution < -0.4 is 4.90 Å². The highest BCUT2D eigenvalue weighted by atomic mass is 15.1. The Kier molecular flexibility index (Phi) is 8.74. The van der Waals surface area contributed by atoms with Crippen molar-refractivity contribution in [1.82, 2.24) is 4.57 Å². The van der Waals surface area contributed by atoms with E-state index in [1.165, 1.54) is 99.9 Å². The molecule has 0 radical (unpaired) electrons. The summed E-state index contributed by atoms with van der Waals surface area (Å²) in [6.45, 7) is 23.8. The Hall–Kier alpha value is -6.64. The van der Waals surface area contributed by atoms with Crippen molar-refractivity contribution in [1.29, 1.82) is 0 Å². The Morgan fingerprint density at radius 3 is 1.64 bits per heavy atom. The van der Waals surface area contributed by atoms with Crippen LogP contribution in [0.15, 0.2) is 170 Å². The van der Waals surface area contributed by atoms with E-state index in [4.69, 9.17) is 0 Å². The zero-order chi connectivity index (χ0) is 44.5. The van der Waals surface area contributed by atoms with Crippen molar-refractivity contribution in [3.05, 3.63) is 203 Å². The number of aromatic nitrogens is 1. The van der Waals surface area contributed by atoms with Crippen LogP contribution in [-0.2, 0) is 21.7 Å². The highest BCUT2D eigenvalue weighted by molar-refractivity contribution is 6.09. The first-order valence-electron chi connectivity index (χ1n) is 23.1. The summed E-state index contributed by atoms with van der Waals surface area (Å²) in [5.74, 6) is 0. The third-order valence-corrected chi connectivity index (χ3v) is 14.7. The molecular formula is C62H58N2. The second-order valence-corrected chi connectivity index (χ2v) is 21.5. The molecule has 0 spiro atoms. The maximum absolute atomic E-state index is 2.54. The molecule has 11 rings (SSSR count). The van der Waals surface area contributed by atoms with E-state index in [1.807, 2.05) is 0 Å². The van der Waals surface area contributed by atoms with Crippen LogP contribution >= 0.6 is 0 Å². The van der Waals surface area contributed by atoms with Crippen LogP contribution in [0.5, 0.6) is 0 Å². The Bertz CT molecular complexity index is 3270. The molecule has 2 nitrogen and oxygen atoms in total. The summed E-state index contributed by atoms with van der Waals surface area (Å²) < 4.78 is 2.39. The average molecular weight is 831 g/mol. The second-order valence-electron chi connectivity index (χ2n) is 21.5. The van der Waals surface area contributed by atoms with Crippen LogP contribution in [0, 0.1) is 0 Å². The summed E-state index contributed by atoms with van der Waals surface area (Å²) in [7, 11) is 0. The molecule has 0 saturated heterocycles. The van der Waals surface area contributed by atoms with Crippen molar-refractivity contribution in [2.75, 3.05) is 4.90 Å². The largest absolute Gasteiger partial charge is 0.310 e. The number of hydrogen-bond acceptors (Lipinski definition) is 1. The minimum Gasteiger partial charge on any atom is -0.310 e. The summed E-state index contributed by atoms with van der Waals surface area (Å²) in [5.41, 5.74) is 23.0. The van der Waals surface area contributed by atoms with Crippen LogP contribution in [0.25, 0.3) is 60.9 Å². The van der Waals surface area contributed by atoms with Crippen molar-refractivity contribution in [3.63, 3.8) is 0 Å². The fourth-order valence-electron chi connectivity index (χ4n) is 11.3. The molecule has 0 atom stereocenters. The lowest BCUT2D eigenvalue weighted by Gasteiger charge is -2.32. The average Bonchev–Trinajstić information content (AvgIpc) is 3.83. The molecule has 0 N–H and O–H groups in total. The molecule has 2 heteroatoms. The molecule has 0 bridgehead atoms. The van der Waals surface area contributed by atoms with Crippen LogP contribution in [0.4, 0.5) is 17.1 Å². The van der Waals surface area contributed by atoms with Gasteiger partial charge in [0, 0.05) is 44.2 Å². The van der Waals surface area contributed by atoms with Gasteiger partial charge in [-0.25, -0.2) is 0 Å². The Labute approximate surface area is 379 Å². The summed E-state index contributed by atoms with van der Waals surface area (Å²) >= 11 is 0. The van der Waals surface area contributed by atoms with Gasteiger partial charge >= 0.3 is 0 Å². The molecule has 0 saturated carbocycles. The molecule has 8 aromatic carbocycles. The van der Waals surface area contributed by atoms with Gasteiger partial charge in [0.15, 0.2) is 0 Å². The van der Waals surface area contributed by atoms with E-state index < -0.39 is 0 Å². The van der Waals surface area contributed by atoms with Crippen molar-refractivity contribution in [3.8, 4) is 39.1 Å². The SMILES string of the molecule is CC(C)(C)c1cc2c(c(C(C)(C)C)c1)C(C)(C)c1cccc(N(c3ccc(-c4ccc(-n5c6ccccc6c6ccccc65)cc4)cc3)c3ccc4c(c3)C(C)(C)c3ccccc3-4)c1-2. The van der Waals surface area contributed by atoms with E-state index in [2.05, 4.69) is 249 Å². The first kappa shape index (κ1) is 40.2. The highest BCUT2D eigenvalue weighted by Gasteiger charge is 2.43. The van der Waals surface area contributed by atoms with Crippen LogP contribution in [0.3, 0.4) is 0 Å². The number of hydrogen-bond donors (Lipinski definition) is 0. The third-order valence-electron chi connectivity index (χ3n) is 14.7. The molecule has 64 heavy (non-hydrogen) atoms. The van der Waals surface area contributed by atoms with Gasteiger partial charge in [-0.15, -0.1) is 0 Å². The quantitative estimate of drug-likeness (QED) is 0.168. The summed E-state index contributed by atoms with van der Waals surface area (Å²) in [4.78, 5) is 2.54. The Balaban J connectivity index is 1.07. The number of nitrogens with zero attached hydrogens (tertiary/aromatic N) is 2. The zero-order valence-electron chi connectivity index (χ0n) is 39.1. The van der Waals surface area contributed by atoms with Gasteiger partial charge in [-0.05, 0) is 127 Å². The summed E-state index contributed by atoms with van der Waals surface area (Å²) in [6.07, 6.45) is 0. The molecule has 1 aromatic heterocycles. The molecule has 1 heterocycles. The van der Waals surface area contributed by atoms with Crippen molar-refractivity contribution >= 4 is 38.9 Å². The Morgan fingerprint density at radius 2 is 1.00 bits per heavy atom. The molecule has 2 aliphatic rings. The predicted molar refractivity (Wildman–Crippen MR) is 273 cm³/mol. The molecular weight excluding hydrogens is 773 g/mol. The fraction of sp³-hybridized carbons (Fsp3) is 0.226. The molecule has 2 aliphatic carbocycles. The Morgan fingerprint density at radius 1 is 0.438 bits per heavy atom. The highest BCUT2D eigenvalue weighted by Crippen LogP contribution is 2.58. The van der Waals surface area contributed by atoms with Gasteiger partial charge in [-0.3, -0.25) is 0 Å². The van der Waals surface area contributed by atoms with Gasteiger partial charge in [-0.1, -0.05) is 184 Å². The van der Waals surface area contributed by atoms with Crippen LogP contribution in [0.2, 0.25) is 0 Å². The lowest BCUT2D eigenvalue weighted by atomic mass is 9.71. The molecule has 0 amide bonds. The molecule has 0 unspecified atom stereocenters. The van der Waals surface area contributed by atoms with Crippen LogP contribution in [0.1, 0.15) is 103 Å². The van der Waals surface area contributed by atoms with Gasteiger partial charge in [0.2, 0.25) is 0 Å². The van der Waals surface area contributed by atoms with Crippen molar-refractivity contribution < 1.29 is 0 Å². The maximum atomic E-state index is 2.54. The van der Waals surface area contributed by atoms with Gasteiger partial charge in [0.1, 0.15) is 0 Å². The molecule has 316 valence electrons. The number of fused-ring (bicyclic) bond motifs is 9. The van der Waals surface area contributed by atoms with Crippen molar-refractivity contribution in [2.24, 2.45) is 0 Å². The molecule has 0 aliphatic heterocycles. The number of para-hydroxylation sites is 2. The van der Waals surface area contributed by atoms with Crippen molar-refractivity contribution in [2.45, 2.75) is 90.9 Å². The number of benzene rings is 8. The number of anilines is 3. The topological polar surface area (TPSA) is 8.17 Å². The van der Waals surface area contributed by atoms with Crippen LogP contribution in [-0.4, -0.2) is 4.57 Å².